The van der Waals surface area contributed by atoms with E-state index in [9.17, 15) is 5.11 Å². The van der Waals surface area contributed by atoms with E-state index in [1.807, 2.05) is 0 Å². The van der Waals surface area contributed by atoms with Crippen LogP contribution in [0.2, 0.25) is 0 Å². The van der Waals surface area contributed by atoms with Crippen LogP contribution in [0.1, 0.15) is 78.0 Å². The summed E-state index contributed by atoms with van der Waals surface area (Å²) in [6, 6.07) is 5.83. The fourth-order valence-electron chi connectivity index (χ4n) is 4.77. The van der Waals surface area contributed by atoms with E-state index in [4.69, 9.17) is 0 Å². The first-order valence-electron chi connectivity index (χ1n) is 10.3. The number of hydrogen-bond donors (Lipinski definition) is 1. The summed E-state index contributed by atoms with van der Waals surface area (Å²) in [5.74, 6) is 0.488. The van der Waals surface area contributed by atoms with Crippen molar-refractivity contribution in [2.75, 3.05) is 19.6 Å². The molecule has 0 bridgehead atoms. The van der Waals surface area contributed by atoms with E-state index in [0.717, 1.165) is 30.3 Å². The van der Waals surface area contributed by atoms with Crippen LogP contribution in [0, 0.1) is 0 Å². The first kappa shape index (κ1) is 19.7. The van der Waals surface area contributed by atoms with Gasteiger partial charge in [-0.3, -0.25) is 9.80 Å². The Hall–Kier alpha value is -1.06. The van der Waals surface area contributed by atoms with Crippen molar-refractivity contribution in [3.8, 4) is 5.75 Å². The number of hydrogen-bond acceptors (Lipinski definition) is 3. The first-order valence-corrected chi connectivity index (χ1v) is 10.3. The van der Waals surface area contributed by atoms with Gasteiger partial charge in [-0.25, -0.2) is 0 Å². The molecule has 2 fully saturated rings. The van der Waals surface area contributed by atoms with E-state index < -0.39 is 0 Å². The Kier molecular flexibility index (Phi) is 5.18. The smallest absolute Gasteiger partial charge is 0.123 e. The Morgan fingerprint density at radius 3 is 2.08 bits per heavy atom. The van der Waals surface area contributed by atoms with Crippen LogP contribution in [-0.4, -0.2) is 46.6 Å². The van der Waals surface area contributed by atoms with Gasteiger partial charge in [-0.1, -0.05) is 53.7 Å². The molecular weight excluding hydrogens is 320 g/mol. The molecule has 3 rings (SSSR count). The molecule has 2 atom stereocenters. The van der Waals surface area contributed by atoms with Gasteiger partial charge in [-0.2, -0.15) is 0 Å². The topological polar surface area (TPSA) is 26.7 Å². The molecule has 2 saturated heterocycles. The number of nitrogens with zero attached hydrogens (tertiary/aromatic N) is 2. The van der Waals surface area contributed by atoms with Crippen molar-refractivity contribution in [1.82, 2.24) is 9.80 Å². The van der Waals surface area contributed by atoms with Crippen LogP contribution in [0.15, 0.2) is 12.1 Å². The molecule has 26 heavy (non-hydrogen) atoms. The van der Waals surface area contributed by atoms with Crippen LogP contribution in [0.25, 0.3) is 0 Å². The van der Waals surface area contributed by atoms with Gasteiger partial charge in [0.1, 0.15) is 5.75 Å². The molecule has 2 aliphatic heterocycles. The molecule has 146 valence electrons. The van der Waals surface area contributed by atoms with Gasteiger partial charge in [0, 0.05) is 31.7 Å². The predicted molar refractivity (Wildman–Crippen MR) is 110 cm³/mol. The summed E-state index contributed by atoms with van der Waals surface area (Å²) in [6.45, 7) is 20.2. The van der Waals surface area contributed by atoms with Crippen LogP contribution >= 0.6 is 0 Å². The number of phenols is 1. The number of benzene rings is 1. The van der Waals surface area contributed by atoms with Gasteiger partial charge >= 0.3 is 0 Å². The van der Waals surface area contributed by atoms with E-state index in [1.165, 1.54) is 31.5 Å². The molecule has 2 unspecified atom stereocenters. The monoisotopic (exact) mass is 358 g/mol. The average molecular weight is 359 g/mol. The Balaban J connectivity index is 1.92. The van der Waals surface area contributed by atoms with Crippen LogP contribution in [0.5, 0.6) is 5.75 Å². The Morgan fingerprint density at radius 1 is 0.962 bits per heavy atom. The molecular formula is C23H38N2O. The summed E-state index contributed by atoms with van der Waals surface area (Å²) < 4.78 is 0. The molecule has 1 aromatic rings. The lowest BCUT2D eigenvalue weighted by atomic mass is 9.78. The van der Waals surface area contributed by atoms with Gasteiger partial charge in [-0.05, 0) is 53.8 Å². The third kappa shape index (κ3) is 3.80. The number of phenolic OH excluding ortho intramolecular Hbond substituents is 1. The van der Waals surface area contributed by atoms with Crippen molar-refractivity contribution in [3.05, 3.63) is 28.8 Å². The zero-order valence-electron chi connectivity index (χ0n) is 17.9. The fraction of sp³-hybridized carbons (Fsp3) is 0.739. The Morgan fingerprint density at radius 2 is 1.54 bits per heavy atom. The Labute approximate surface area is 160 Å². The molecule has 3 nitrogen and oxygen atoms in total. The van der Waals surface area contributed by atoms with Gasteiger partial charge in [0.15, 0.2) is 0 Å². The quantitative estimate of drug-likeness (QED) is 0.833. The summed E-state index contributed by atoms with van der Waals surface area (Å²) in [7, 11) is 0. The maximum Gasteiger partial charge on any atom is 0.123 e. The molecule has 0 spiro atoms. The highest BCUT2D eigenvalue weighted by Gasteiger charge is 2.36. The lowest BCUT2D eigenvalue weighted by Gasteiger charge is -2.43. The highest BCUT2D eigenvalue weighted by Crippen LogP contribution is 2.40. The summed E-state index contributed by atoms with van der Waals surface area (Å²) >= 11 is 0. The fourth-order valence-corrected chi connectivity index (χ4v) is 4.77. The summed E-state index contributed by atoms with van der Waals surface area (Å²) in [4.78, 5) is 5.33. The number of rotatable bonds is 2. The first-order chi connectivity index (χ1) is 12.0. The van der Waals surface area contributed by atoms with E-state index >= 15 is 0 Å². The lowest BCUT2D eigenvalue weighted by Crippen LogP contribution is -2.55. The third-order valence-electron chi connectivity index (χ3n) is 6.39. The van der Waals surface area contributed by atoms with Gasteiger partial charge in [0.05, 0.1) is 0 Å². The molecule has 1 N–H and O–H groups in total. The zero-order chi connectivity index (χ0) is 19.3. The van der Waals surface area contributed by atoms with Crippen molar-refractivity contribution < 1.29 is 5.11 Å². The second kappa shape index (κ2) is 6.83. The average Bonchev–Trinajstić information content (AvgIpc) is 2.98. The van der Waals surface area contributed by atoms with Gasteiger partial charge in [0.25, 0.3) is 0 Å². The normalized spacial score (nSPS) is 25.5. The maximum absolute atomic E-state index is 10.9. The molecule has 1 aromatic carbocycles. The second-order valence-electron chi connectivity index (χ2n) is 10.5. The molecule has 0 aliphatic carbocycles. The molecule has 0 radical (unpaired) electrons. The van der Waals surface area contributed by atoms with E-state index in [2.05, 4.69) is 70.4 Å². The number of fused-ring (bicyclic) bond motifs is 1. The van der Waals surface area contributed by atoms with Crippen molar-refractivity contribution in [3.63, 3.8) is 0 Å². The van der Waals surface area contributed by atoms with Crippen LogP contribution in [-0.2, 0) is 17.4 Å². The maximum atomic E-state index is 10.9. The minimum Gasteiger partial charge on any atom is -0.507 e. The van der Waals surface area contributed by atoms with Gasteiger partial charge in [0.2, 0.25) is 0 Å². The highest BCUT2D eigenvalue weighted by atomic mass is 16.3. The largest absolute Gasteiger partial charge is 0.507 e. The van der Waals surface area contributed by atoms with Gasteiger partial charge < -0.3 is 5.11 Å². The van der Waals surface area contributed by atoms with E-state index in [0.29, 0.717) is 11.8 Å². The van der Waals surface area contributed by atoms with Gasteiger partial charge in [-0.15, -0.1) is 0 Å². The predicted octanol–water partition coefficient (Wildman–Crippen LogP) is 4.66. The van der Waals surface area contributed by atoms with Crippen molar-refractivity contribution in [2.45, 2.75) is 90.8 Å². The minimum atomic E-state index is -0.0597. The molecule has 0 amide bonds. The minimum absolute atomic E-state index is 0.0597. The lowest BCUT2D eigenvalue weighted by molar-refractivity contribution is 0.0470. The molecule has 2 aliphatic rings. The standard InChI is InChI=1S/C23H38N2O/c1-16-20-9-8-10-24(20)11-12-25(16)15-17-13-18(22(2,3)4)21(26)19(14-17)23(5,6)7/h13-14,16,20,26H,8-12,15H2,1-7H3. The summed E-state index contributed by atoms with van der Waals surface area (Å²) in [5, 5.41) is 10.9. The Bertz CT molecular complexity index is 618. The van der Waals surface area contributed by atoms with Crippen molar-refractivity contribution >= 4 is 0 Å². The van der Waals surface area contributed by atoms with Crippen molar-refractivity contribution in [2.24, 2.45) is 0 Å². The van der Waals surface area contributed by atoms with Crippen molar-refractivity contribution in [1.29, 1.82) is 0 Å². The van der Waals surface area contributed by atoms with Crippen LogP contribution in [0.4, 0.5) is 0 Å². The summed E-state index contributed by atoms with van der Waals surface area (Å²) in [6.07, 6.45) is 2.69. The molecule has 0 saturated carbocycles. The van der Waals surface area contributed by atoms with Crippen LogP contribution < -0.4 is 0 Å². The van der Waals surface area contributed by atoms with E-state index in [-0.39, 0.29) is 10.8 Å². The highest BCUT2D eigenvalue weighted by molar-refractivity contribution is 5.49. The number of piperazine rings is 1. The third-order valence-corrected chi connectivity index (χ3v) is 6.39. The number of aromatic hydroxyl groups is 1. The zero-order valence-corrected chi connectivity index (χ0v) is 17.9. The van der Waals surface area contributed by atoms with E-state index in [1.54, 1.807) is 0 Å². The van der Waals surface area contributed by atoms with Crippen LogP contribution in [0.3, 0.4) is 0 Å². The molecule has 0 aromatic heterocycles. The second-order valence-corrected chi connectivity index (χ2v) is 10.5. The summed E-state index contributed by atoms with van der Waals surface area (Å²) in [5.41, 5.74) is 3.38. The molecule has 3 heteroatoms. The SMILES string of the molecule is CC1C2CCCN2CCN1Cc1cc(C(C)(C)C)c(O)c(C(C)(C)C)c1. The molecule has 2 heterocycles.